The molecular formula is C12H12F3NS. The number of hydrogen-bond acceptors (Lipinski definition) is 1. The lowest BCUT2D eigenvalue weighted by Crippen LogP contribution is -2.16. The van der Waals surface area contributed by atoms with Crippen molar-refractivity contribution in [2.45, 2.75) is 6.18 Å². The van der Waals surface area contributed by atoms with E-state index in [0.717, 1.165) is 12.1 Å². The summed E-state index contributed by atoms with van der Waals surface area (Å²) in [6.07, 6.45) is -0.929. The minimum Gasteiger partial charge on any atom is -0.369 e. The van der Waals surface area contributed by atoms with Crippen molar-refractivity contribution in [2.75, 3.05) is 14.1 Å². The SMILES string of the molecule is CN(C)C(=S)/C=C/c1ccc(C(F)(F)F)cc1. The monoisotopic (exact) mass is 259 g/mol. The molecule has 0 spiro atoms. The number of hydrogen-bond donors (Lipinski definition) is 0. The van der Waals surface area contributed by atoms with Gasteiger partial charge in [0.25, 0.3) is 0 Å². The lowest BCUT2D eigenvalue weighted by Gasteiger charge is -2.09. The van der Waals surface area contributed by atoms with Gasteiger partial charge in [0.15, 0.2) is 0 Å². The van der Waals surface area contributed by atoms with Crippen molar-refractivity contribution in [1.29, 1.82) is 0 Å². The van der Waals surface area contributed by atoms with Crippen LogP contribution in [0.25, 0.3) is 6.08 Å². The maximum absolute atomic E-state index is 12.3. The topological polar surface area (TPSA) is 3.24 Å². The predicted molar refractivity (Wildman–Crippen MR) is 66.8 cm³/mol. The molecule has 17 heavy (non-hydrogen) atoms. The Morgan fingerprint density at radius 2 is 1.71 bits per heavy atom. The highest BCUT2D eigenvalue weighted by Crippen LogP contribution is 2.29. The molecular weight excluding hydrogens is 247 g/mol. The molecule has 0 aliphatic heterocycles. The molecule has 0 amide bonds. The molecule has 0 aliphatic carbocycles. The van der Waals surface area contributed by atoms with E-state index in [2.05, 4.69) is 0 Å². The van der Waals surface area contributed by atoms with Crippen LogP contribution in [0.5, 0.6) is 0 Å². The van der Waals surface area contributed by atoms with Gasteiger partial charge >= 0.3 is 6.18 Å². The van der Waals surface area contributed by atoms with Crippen LogP contribution in [0.3, 0.4) is 0 Å². The largest absolute Gasteiger partial charge is 0.416 e. The molecule has 5 heteroatoms. The first-order chi connectivity index (χ1) is 7.80. The molecule has 0 saturated carbocycles. The van der Waals surface area contributed by atoms with Crippen molar-refractivity contribution >= 4 is 23.3 Å². The van der Waals surface area contributed by atoms with Crippen LogP contribution in [-0.4, -0.2) is 24.0 Å². The Labute approximate surface area is 104 Å². The minimum atomic E-state index is -4.29. The third kappa shape index (κ3) is 4.19. The molecule has 0 N–H and O–H groups in total. The van der Waals surface area contributed by atoms with E-state index in [4.69, 9.17) is 12.2 Å². The normalized spacial score (nSPS) is 11.8. The zero-order valence-electron chi connectivity index (χ0n) is 9.45. The van der Waals surface area contributed by atoms with Crippen molar-refractivity contribution in [3.63, 3.8) is 0 Å². The summed E-state index contributed by atoms with van der Waals surface area (Å²) in [5, 5.41) is 0. The van der Waals surface area contributed by atoms with Crippen molar-refractivity contribution in [2.24, 2.45) is 0 Å². The van der Waals surface area contributed by atoms with E-state index in [-0.39, 0.29) is 0 Å². The van der Waals surface area contributed by atoms with E-state index in [1.54, 1.807) is 31.1 Å². The molecule has 1 aromatic carbocycles. The summed E-state index contributed by atoms with van der Waals surface area (Å²) >= 11 is 5.02. The van der Waals surface area contributed by atoms with Crippen LogP contribution in [0, 0.1) is 0 Å². The summed E-state index contributed by atoms with van der Waals surface area (Å²) < 4.78 is 36.9. The second-order valence-corrected chi connectivity index (χ2v) is 4.10. The molecule has 0 atom stereocenters. The van der Waals surface area contributed by atoms with Gasteiger partial charge in [0.1, 0.15) is 4.99 Å². The van der Waals surface area contributed by atoms with Gasteiger partial charge in [-0.2, -0.15) is 13.2 Å². The third-order valence-electron chi connectivity index (χ3n) is 2.10. The van der Waals surface area contributed by atoms with E-state index in [0.29, 0.717) is 10.6 Å². The van der Waals surface area contributed by atoms with Crippen molar-refractivity contribution in [3.05, 3.63) is 41.5 Å². The fraction of sp³-hybridized carbons (Fsp3) is 0.250. The lowest BCUT2D eigenvalue weighted by atomic mass is 10.1. The van der Waals surface area contributed by atoms with E-state index < -0.39 is 11.7 Å². The molecule has 1 nitrogen and oxygen atoms in total. The molecule has 0 bridgehead atoms. The van der Waals surface area contributed by atoms with Crippen LogP contribution >= 0.6 is 12.2 Å². The van der Waals surface area contributed by atoms with Crippen LogP contribution in [0.1, 0.15) is 11.1 Å². The van der Waals surface area contributed by atoms with Crippen molar-refractivity contribution < 1.29 is 13.2 Å². The summed E-state index contributed by atoms with van der Waals surface area (Å²) in [4.78, 5) is 2.36. The standard InChI is InChI=1S/C12H12F3NS/c1-16(2)11(17)8-5-9-3-6-10(7-4-9)12(13,14)15/h3-8H,1-2H3/b8-5+. The number of halogens is 3. The molecule has 0 fully saturated rings. The number of rotatable bonds is 2. The molecule has 0 aromatic heterocycles. The van der Waals surface area contributed by atoms with Gasteiger partial charge in [0.2, 0.25) is 0 Å². The second kappa shape index (κ2) is 5.31. The number of likely N-dealkylation sites (N-methyl/N-ethyl adjacent to an activating group) is 1. The van der Waals surface area contributed by atoms with Crippen LogP contribution in [-0.2, 0) is 6.18 Å². The van der Waals surface area contributed by atoms with Gasteiger partial charge in [-0.05, 0) is 23.8 Å². The molecule has 0 radical (unpaired) electrons. The summed E-state index contributed by atoms with van der Waals surface area (Å²) in [7, 11) is 3.61. The zero-order chi connectivity index (χ0) is 13.1. The minimum absolute atomic E-state index is 0.616. The average Bonchev–Trinajstić information content (AvgIpc) is 2.25. The van der Waals surface area contributed by atoms with Crippen LogP contribution in [0.15, 0.2) is 30.3 Å². The van der Waals surface area contributed by atoms with Gasteiger partial charge in [-0.15, -0.1) is 0 Å². The van der Waals surface area contributed by atoms with E-state index in [9.17, 15) is 13.2 Å². The first-order valence-corrected chi connectivity index (χ1v) is 5.28. The molecule has 0 heterocycles. The number of thiocarbonyl (C=S) groups is 1. The molecule has 1 rings (SSSR count). The quantitative estimate of drug-likeness (QED) is 0.589. The smallest absolute Gasteiger partial charge is 0.369 e. The molecule has 0 unspecified atom stereocenters. The van der Waals surface area contributed by atoms with Gasteiger partial charge in [-0.3, -0.25) is 0 Å². The van der Waals surface area contributed by atoms with E-state index in [1.807, 2.05) is 0 Å². The first-order valence-electron chi connectivity index (χ1n) is 4.87. The summed E-state index contributed by atoms with van der Waals surface area (Å²) in [5.41, 5.74) is 0.0343. The Balaban J connectivity index is 2.79. The first kappa shape index (κ1) is 13.7. The zero-order valence-corrected chi connectivity index (χ0v) is 10.3. The summed E-state index contributed by atoms with van der Waals surface area (Å²) in [6, 6.07) is 4.94. The van der Waals surface area contributed by atoms with Crippen molar-refractivity contribution in [1.82, 2.24) is 4.90 Å². The maximum atomic E-state index is 12.3. The van der Waals surface area contributed by atoms with Crippen molar-refractivity contribution in [3.8, 4) is 0 Å². The van der Waals surface area contributed by atoms with Crippen LogP contribution < -0.4 is 0 Å². The van der Waals surface area contributed by atoms with Crippen LogP contribution in [0.4, 0.5) is 13.2 Å². The van der Waals surface area contributed by atoms with Gasteiger partial charge in [0, 0.05) is 14.1 Å². The Hall–Kier alpha value is -1.36. The fourth-order valence-corrected chi connectivity index (χ4v) is 1.17. The Kier molecular flexibility index (Phi) is 4.28. The van der Waals surface area contributed by atoms with E-state index in [1.165, 1.54) is 12.1 Å². The van der Waals surface area contributed by atoms with E-state index >= 15 is 0 Å². The number of benzene rings is 1. The lowest BCUT2D eigenvalue weighted by molar-refractivity contribution is -0.137. The molecule has 1 aromatic rings. The maximum Gasteiger partial charge on any atom is 0.416 e. The van der Waals surface area contributed by atoms with Gasteiger partial charge in [0.05, 0.1) is 5.56 Å². The molecule has 0 saturated heterocycles. The number of alkyl halides is 3. The van der Waals surface area contributed by atoms with Gasteiger partial charge in [-0.25, -0.2) is 0 Å². The highest BCUT2D eigenvalue weighted by Gasteiger charge is 2.29. The fourth-order valence-electron chi connectivity index (χ4n) is 1.10. The van der Waals surface area contributed by atoms with Crippen LogP contribution in [0.2, 0.25) is 0 Å². The summed E-state index contributed by atoms with van der Waals surface area (Å²) in [6.45, 7) is 0. The Bertz CT molecular complexity index is 418. The highest BCUT2D eigenvalue weighted by molar-refractivity contribution is 7.80. The predicted octanol–water partition coefficient (Wildman–Crippen LogP) is 3.61. The Morgan fingerprint density at radius 1 is 1.18 bits per heavy atom. The second-order valence-electron chi connectivity index (χ2n) is 3.69. The number of nitrogens with zero attached hydrogens (tertiary/aromatic N) is 1. The molecule has 92 valence electrons. The van der Waals surface area contributed by atoms with Gasteiger partial charge in [-0.1, -0.05) is 30.4 Å². The Morgan fingerprint density at radius 3 is 2.12 bits per heavy atom. The highest BCUT2D eigenvalue weighted by atomic mass is 32.1. The van der Waals surface area contributed by atoms with Gasteiger partial charge < -0.3 is 4.90 Å². The summed E-state index contributed by atoms with van der Waals surface area (Å²) in [5.74, 6) is 0. The average molecular weight is 259 g/mol. The third-order valence-corrected chi connectivity index (χ3v) is 2.60. The molecule has 0 aliphatic rings.